The number of amides is 1. The normalized spacial score (nSPS) is 11.7. The zero-order chi connectivity index (χ0) is 22.2. The number of pyridine rings is 1. The van der Waals surface area contributed by atoms with Gasteiger partial charge in [-0.1, -0.05) is 50.1 Å². The third-order valence-corrected chi connectivity index (χ3v) is 5.37. The van der Waals surface area contributed by atoms with Crippen molar-refractivity contribution >= 4 is 11.6 Å². The standard InChI is InChI=1S/C26H31N3O2/c1-4-5-6-9-20-10-7-8-11-23(20)29-19(3)21-12-14-24(18(2)16-21)31-25-15-13-22(17-28-25)26(27)30/h7-8,10-17,19,29H,4-6,9H2,1-3H3,(H2,27,30). The van der Waals surface area contributed by atoms with Crippen LogP contribution in [-0.2, 0) is 6.42 Å². The topological polar surface area (TPSA) is 77.2 Å². The van der Waals surface area contributed by atoms with E-state index < -0.39 is 5.91 Å². The van der Waals surface area contributed by atoms with Gasteiger partial charge in [-0.05, 0) is 61.6 Å². The monoisotopic (exact) mass is 417 g/mol. The van der Waals surface area contributed by atoms with E-state index >= 15 is 0 Å². The zero-order valence-electron chi connectivity index (χ0n) is 18.5. The Hall–Kier alpha value is -3.34. The second kappa shape index (κ2) is 10.6. The number of hydrogen-bond donors (Lipinski definition) is 2. The van der Waals surface area contributed by atoms with Gasteiger partial charge in [-0.2, -0.15) is 0 Å². The number of nitrogens with zero attached hydrogens (tertiary/aromatic N) is 1. The summed E-state index contributed by atoms with van der Waals surface area (Å²) >= 11 is 0. The number of anilines is 1. The molecule has 1 heterocycles. The lowest BCUT2D eigenvalue weighted by Gasteiger charge is -2.20. The van der Waals surface area contributed by atoms with E-state index in [0.29, 0.717) is 11.4 Å². The maximum absolute atomic E-state index is 11.2. The van der Waals surface area contributed by atoms with Crippen molar-refractivity contribution in [1.29, 1.82) is 0 Å². The highest BCUT2D eigenvalue weighted by atomic mass is 16.5. The van der Waals surface area contributed by atoms with Crippen LogP contribution in [0.25, 0.3) is 0 Å². The molecule has 0 bridgehead atoms. The zero-order valence-corrected chi connectivity index (χ0v) is 18.5. The summed E-state index contributed by atoms with van der Waals surface area (Å²) in [5.41, 5.74) is 10.4. The molecule has 0 aliphatic rings. The molecule has 0 aliphatic carbocycles. The largest absolute Gasteiger partial charge is 0.439 e. The average Bonchev–Trinajstić information content (AvgIpc) is 2.77. The third-order valence-electron chi connectivity index (χ3n) is 5.37. The van der Waals surface area contributed by atoms with Crippen LogP contribution in [0.3, 0.4) is 0 Å². The van der Waals surface area contributed by atoms with Gasteiger partial charge in [0.05, 0.1) is 5.56 Å². The SMILES string of the molecule is CCCCCc1ccccc1NC(C)c1ccc(Oc2ccc(C(N)=O)cn2)c(C)c1. The third kappa shape index (κ3) is 6.07. The Balaban J connectivity index is 1.69. The molecule has 0 saturated heterocycles. The number of para-hydroxylation sites is 1. The number of nitrogens with two attached hydrogens (primary N) is 1. The van der Waals surface area contributed by atoms with Crippen molar-refractivity contribution in [2.45, 2.75) is 52.5 Å². The van der Waals surface area contributed by atoms with Gasteiger partial charge < -0.3 is 15.8 Å². The van der Waals surface area contributed by atoms with Crippen molar-refractivity contribution in [3.8, 4) is 11.6 Å². The summed E-state index contributed by atoms with van der Waals surface area (Å²) in [5.74, 6) is 0.649. The first-order valence-corrected chi connectivity index (χ1v) is 10.9. The average molecular weight is 418 g/mol. The van der Waals surface area contributed by atoms with Crippen molar-refractivity contribution in [1.82, 2.24) is 4.98 Å². The van der Waals surface area contributed by atoms with Crippen LogP contribution in [-0.4, -0.2) is 10.9 Å². The number of hydrogen-bond acceptors (Lipinski definition) is 4. The minimum absolute atomic E-state index is 0.160. The number of ether oxygens (including phenoxy) is 1. The summed E-state index contributed by atoms with van der Waals surface area (Å²) in [6.07, 6.45) is 6.21. The van der Waals surface area contributed by atoms with Gasteiger partial charge in [0.2, 0.25) is 11.8 Å². The Morgan fingerprint density at radius 2 is 1.94 bits per heavy atom. The summed E-state index contributed by atoms with van der Waals surface area (Å²) in [6.45, 7) is 6.42. The molecule has 5 heteroatoms. The van der Waals surface area contributed by atoms with Gasteiger partial charge in [-0.25, -0.2) is 4.98 Å². The molecule has 0 aliphatic heterocycles. The highest BCUT2D eigenvalue weighted by Gasteiger charge is 2.11. The molecule has 31 heavy (non-hydrogen) atoms. The Morgan fingerprint density at radius 1 is 1.13 bits per heavy atom. The molecule has 0 fully saturated rings. The van der Waals surface area contributed by atoms with Crippen LogP contribution < -0.4 is 15.8 Å². The summed E-state index contributed by atoms with van der Waals surface area (Å²) in [4.78, 5) is 15.3. The van der Waals surface area contributed by atoms with Crippen LogP contribution in [0.15, 0.2) is 60.8 Å². The van der Waals surface area contributed by atoms with E-state index in [2.05, 4.69) is 60.5 Å². The number of benzene rings is 2. The quantitative estimate of drug-likeness (QED) is 0.386. The van der Waals surface area contributed by atoms with Crippen LogP contribution in [0.1, 0.15) is 66.2 Å². The van der Waals surface area contributed by atoms with Crippen LogP contribution in [0.5, 0.6) is 11.6 Å². The van der Waals surface area contributed by atoms with Crippen LogP contribution in [0, 0.1) is 6.92 Å². The van der Waals surface area contributed by atoms with Gasteiger partial charge in [0.15, 0.2) is 0 Å². The lowest BCUT2D eigenvalue weighted by molar-refractivity contribution is 0.1000. The van der Waals surface area contributed by atoms with Crippen molar-refractivity contribution in [3.05, 3.63) is 83.0 Å². The van der Waals surface area contributed by atoms with E-state index in [4.69, 9.17) is 10.5 Å². The molecule has 3 N–H and O–H groups in total. The van der Waals surface area contributed by atoms with Gasteiger partial charge in [-0.15, -0.1) is 0 Å². The number of carbonyl (C=O) groups excluding carboxylic acids is 1. The fourth-order valence-corrected chi connectivity index (χ4v) is 3.52. The number of nitrogens with one attached hydrogen (secondary N) is 1. The minimum Gasteiger partial charge on any atom is -0.439 e. The predicted molar refractivity (Wildman–Crippen MR) is 126 cm³/mol. The highest BCUT2D eigenvalue weighted by Crippen LogP contribution is 2.29. The van der Waals surface area contributed by atoms with E-state index in [-0.39, 0.29) is 6.04 Å². The summed E-state index contributed by atoms with van der Waals surface area (Å²) in [7, 11) is 0. The lowest BCUT2D eigenvalue weighted by atomic mass is 10.0. The maximum atomic E-state index is 11.2. The van der Waals surface area contributed by atoms with Crippen molar-refractivity contribution in [3.63, 3.8) is 0 Å². The number of rotatable bonds is 10. The van der Waals surface area contributed by atoms with Gasteiger partial charge >= 0.3 is 0 Å². The molecule has 0 saturated carbocycles. The highest BCUT2D eigenvalue weighted by molar-refractivity contribution is 5.92. The number of primary amides is 1. The van der Waals surface area contributed by atoms with E-state index in [0.717, 1.165) is 17.7 Å². The molecule has 0 radical (unpaired) electrons. The van der Waals surface area contributed by atoms with E-state index in [1.165, 1.54) is 42.3 Å². The molecule has 1 unspecified atom stereocenters. The number of aryl methyl sites for hydroxylation is 2. The molecule has 0 spiro atoms. The Labute approximate surface area is 184 Å². The van der Waals surface area contributed by atoms with Crippen molar-refractivity contribution in [2.75, 3.05) is 5.32 Å². The van der Waals surface area contributed by atoms with Crippen molar-refractivity contribution < 1.29 is 9.53 Å². The molecule has 162 valence electrons. The maximum Gasteiger partial charge on any atom is 0.250 e. The van der Waals surface area contributed by atoms with Gasteiger partial charge in [0, 0.05) is 24.0 Å². The van der Waals surface area contributed by atoms with E-state index in [1.54, 1.807) is 12.1 Å². The number of aromatic nitrogens is 1. The first-order chi connectivity index (χ1) is 15.0. The molecular weight excluding hydrogens is 386 g/mol. The van der Waals surface area contributed by atoms with Crippen molar-refractivity contribution in [2.24, 2.45) is 5.73 Å². The van der Waals surface area contributed by atoms with Gasteiger partial charge in [0.25, 0.3) is 0 Å². The Bertz CT molecular complexity index is 1020. The first-order valence-electron chi connectivity index (χ1n) is 10.9. The van der Waals surface area contributed by atoms with Crippen LogP contribution in [0.4, 0.5) is 5.69 Å². The molecule has 1 aromatic heterocycles. The molecule has 3 rings (SSSR count). The fraction of sp³-hybridized carbons (Fsp3) is 0.308. The van der Waals surface area contributed by atoms with E-state index in [1.807, 2.05) is 13.0 Å². The Morgan fingerprint density at radius 3 is 2.61 bits per heavy atom. The molecule has 1 atom stereocenters. The minimum atomic E-state index is -0.506. The number of carbonyl (C=O) groups is 1. The molecule has 2 aromatic carbocycles. The second-order valence-corrected chi connectivity index (χ2v) is 7.86. The van der Waals surface area contributed by atoms with E-state index in [9.17, 15) is 4.79 Å². The smallest absolute Gasteiger partial charge is 0.250 e. The molecular formula is C26H31N3O2. The Kier molecular flexibility index (Phi) is 7.65. The fourth-order valence-electron chi connectivity index (χ4n) is 3.52. The second-order valence-electron chi connectivity index (χ2n) is 7.86. The number of unbranched alkanes of at least 4 members (excludes halogenated alkanes) is 2. The summed E-state index contributed by atoms with van der Waals surface area (Å²) in [6, 6.07) is 18.1. The summed E-state index contributed by atoms with van der Waals surface area (Å²) in [5, 5.41) is 3.67. The predicted octanol–water partition coefficient (Wildman–Crippen LogP) is 6.19. The lowest BCUT2D eigenvalue weighted by Crippen LogP contribution is -2.11. The van der Waals surface area contributed by atoms with Crippen LogP contribution >= 0.6 is 0 Å². The summed E-state index contributed by atoms with van der Waals surface area (Å²) < 4.78 is 5.89. The van der Waals surface area contributed by atoms with Gasteiger partial charge in [0.1, 0.15) is 5.75 Å². The molecule has 3 aromatic rings. The molecule has 1 amide bonds. The van der Waals surface area contributed by atoms with Crippen LogP contribution in [0.2, 0.25) is 0 Å². The van der Waals surface area contributed by atoms with Gasteiger partial charge in [-0.3, -0.25) is 4.79 Å². The molecule has 5 nitrogen and oxygen atoms in total. The first kappa shape index (κ1) is 22.3.